The van der Waals surface area contributed by atoms with E-state index in [0.29, 0.717) is 25.7 Å². The molecule has 0 bridgehead atoms. The van der Waals surface area contributed by atoms with E-state index in [2.05, 4.69) is 33.0 Å². The van der Waals surface area contributed by atoms with Crippen molar-refractivity contribution in [2.45, 2.75) is 76.2 Å². The number of rotatable bonds is 10. The minimum absolute atomic E-state index is 0.0550. The molecule has 166 valence electrons. The fourth-order valence-corrected chi connectivity index (χ4v) is 4.96. The summed E-state index contributed by atoms with van der Waals surface area (Å²) >= 11 is 3.53. The number of carbonyl (C=O) groups is 1. The molecule has 0 amide bonds. The van der Waals surface area contributed by atoms with Gasteiger partial charge in [-0.2, -0.15) is 0 Å². The Hall–Kier alpha value is -1.21. The zero-order chi connectivity index (χ0) is 21.2. The predicted octanol–water partition coefficient (Wildman–Crippen LogP) is 5.18. The van der Waals surface area contributed by atoms with E-state index in [0.717, 1.165) is 36.0 Å². The van der Waals surface area contributed by atoms with Crippen LogP contribution in [-0.2, 0) is 20.9 Å². The Morgan fingerprint density at radius 1 is 1.13 bits per heavy atom. The molecule has 30 heavy (non-hydrogen) atoms. The third-order valence-corrected chi connectivity index (χ3v) is 6.53. The second-order valence-electron chi connectivity index (χ2n) is 8.28. The highest BCUT2D eigenvalue weighted by Crippen LogP contribution is 2.32. The van der Waals surface area contributed by atoms with E-state index in [4.69, 9.17) is 14.6 Å². The van der Waals surface area contributed by atoms with E-state index in [1.165, 1.54) is 25.7 Å². The number of benzene rings is 1. The number of aliphatic carboxylic acids is 1. The van der Waals surface area contributed by atoms with Crippen molar-refractivity contribution in [2.24, 2.45) is 0 Å². The summed E-state index contributed by atoms with van der Waals surface area (Å²) in [6, 6.07) is 8.66. The van der Waals surface area contributed by atoms with Gasteiger partial charge in [-0.25, -0.2) is 0 Å². The van der Waals surface area contributed by atoms with E-state index in [9.17, 15) is 4.79 Å². The van der Waals surface area contributed by atoms with E-state index in [1.54, 1.807) is 0 Å². The molecule has 0 aromatic heterocycles. The Bertz CT molecular complexity index is 688. The van der Waals surface area contributed by atoms with Crippen LogP contribution < -0.4 is 0 Å². The molecule has 1 aliphatic heterocycles. The number of halogens is 1. The van der Waals surface area contributed by atoms with Gasteiger partial charge in [-0.15, -0.1) is 0 Å². The quantitative estimate of drug-likeness (QED) is 0.468. The molecule has 2 aliphatic rings. The predicted molar refractivity (Wildman–Crippen MR) is 122 cm³/mol. The molecule has 0 spiro atoms. The lowest BCUT2D eigenvalue weighted by Crippen LogP contribution is -2.45. The first-order valence-electron chi connectivity index (χ1n) is 11.2. The van der Waals surface area contributed by atoms with Crippen molar-refractivity contribution in [2.75, 3.05) is 19.7 Å². The molecule has 3 atom stereocenters. The molecule has 1 saturated heterocycles. The van der Waals surface area contributed by atoms with Gasteiger partial charge < -0.3 is 14.6 Å². The first kappa shape index (κ1) is 23.5. The summed E-state index contributed by atoms with van der Waals surface area (Å²) in [5.74, 6) is -0.765. The number of carboxylic acid groups (broad SMARTS) is 1. The Kier molecular flexibility index (Phi) is 9.85. The molecule has 2 fully saturated rings. The molecule has 1 N–H and O–H groups in total. The zero-order valence-corrected chi connectivity index (χ0v) is 19.3. The van der Waals surface area contributed by atoms with Gasteiger partial charge in [0.1, 0.15) is 0 Å². The lowest BCUT2D eigenvalue weighted by Gasteiger charge is -2.33. The highest BCUT2D eigenvalue weighted by molar-refractivity contribution is 9.10. The number of hydrogen-bond acceptors (Lipinski definition) is 4. The molecular weight excluding hydrogens is 446 g/mol. The summed E-state index contributed by atoms with van der Waals surface area (Å²) in [5, 5.41) is 8.76. The summed E-state index contributed by atoms with van der Waals surface area (Å²) in [6.45, 7) is 3.39. The number of ether oxygens (including phenoxy) is 2. The number of likely N-dealkylation sites (tertiary alicyclic amines) is 1. The molecule has 1 aliphatic carbocycles. The van der Waals surface area contributed by atoms with Crippen LogP contribution in [0.1, 0.15) is 56.9 Å². The lowest BCUT2D eigenvalue weighted by molar-refractivity contribution is -0.136. The number of carboxylic acids is 1. The van der Waals surface area contributed by atoms with E-state index in [1.807, 2.05) is 24.3 Å². The van der Waals surface area contributed by atoms with Crippen LogP contribution in [0.2, 0.25) is 0 Å². The van der Waals surface area contributed by atoms with Crippen molar-refractivity contribution in [3.05, 3.63) is 46.5 Å². The molecule has 0 radical (unpaired) electrons. The highest BCUT2D eigenvalue weighted by Gasteiger charge is 2.40. The van der Waals surface area contributed by atoms with Crippen LogP contribution in [0.25, 0.3) is 0 Å². The molecule has 1 aromatic carbocycles. The largest absolute Gasteiger partial charge is 0.481 e. The minimum Gasteiger partial charge on any atom is -0.481 e. The third-order valence-electron chi connectivity index (χ3n) is 6.03. The fourth-order valence-electron chi connectivity index (χ4n) is 4.51. The van der Waals surface area contributed by atoms with Gasteiger partial charge in [-0.05, 0) is 62.9 Å². The van der Waals surface area contributed by atoms with Crippen LogP contribution in [0.5, 0.6) is 0 Å². The maximum Gasteiger partial charge on any atom is 0.303 e. The van der Waals surface area contributed by atoms with Gasteiger partial charge in [0.2, 0.25) is 0 Å². The Balaban J connectivity index is 1.58. The second kappa shape index (κ2) is 12.6. The van der Waals surface area contributed by atoms with E-state index in [-0.39, 0.29) is 18.6 Å². The normalized spacial score (nSPS) is 25.6. The lowest BCUT2D eigenvalue weighted by atomic mass is 10.1. The van der Waals surface area contributed by atoms with Crippen LogP contribution in [0.15, 0.2) is 40.9 Å². The summed E-state index contributed by atoms with van der Waals surface area (Å²) in [4.78, 5) is 13.3. The van der Waals surface area contributed by atoms with Gasteiger partial charge in [-0.3, -0.25) is 9.69 Å². The fraction of sp³-hybridized carbons (Fsp3) is 0.625. The molecule has 1 saturated carbocycles. The molecule has 1 heterocycles. The Morgan fingerprint density at radius 2 is 1.93 bits per heavy atom. The minimum atomic E-state index is -0.765. The topological polar surface area (TPSA) is 59.0 Å². The van der Waals surface area contributed by atoms with Crippen LogP contribution in [0.3, 0.4) is 0 Å². The number of hydrogen-bond donors (Lipinski definition) is 1. The van der Waals surface area contributed by atoms with Crippen LogP contribution in [0, 0.1) is 0 Å². The van der Waals surface area contributed by atoms with E-state index < -0.39 is 5.97 Å². The summed E-state index contributed by atoms with van der Waals surface area (Å²) < 4.78 is 13.7. The standard InChI is InChI=1S/C24H34BrNO4/c25-20-10-8-9-19(17-20)18-30-22-13-12-21(26-14-5-1-2-6-15-26)24(22)29-16-7-3-4-11-23(27)28/h3,7-10,17,21-22,24H,1-2,4-6,11-16,18H2,(H,27,28)/b7-3-/t21-,22+,24+/m0/s1. The van der Waals surface area contributed by atoms with E-state index >= 15 is 0 Å². The smallest absolute Gasteiger partial charge is 0.303 e. The van der Waals surface area contributed by atoms with Gasteiger partial charge in [0.05, 0.1) is 25.4 Å². The van der Waals surface area contributed by atoms with Gasteiger partial charge in [0.25, 0.3) is 0 Å². The number of allylic oxidation sites excluding steroid dienone is 1. The van der Waals surface area contributed by atoms with Crippen molar-refractivity contribution in [1.82, 2.24) is 4.90 Å². The van der Waals surface area contributed by atoms with Gasteiger partial charge >= 0.3 is 5.97 Å². The summed E-state index contributed by atoms with van der Waals surface area (Å²) in [5.41, 5.74) is 1.16. The maximum absolute atomic E-state index is 10.7. The van der Waals surface area contributed by atoms with Gasteiger partial charge in [-0.1, -0.05) is 53.1 Å². The zero-order valence-electron chi connectivity index (χ0n) is 17.7. The molecular formula is C24H34BrNO4. The molecule has 1 aromatic rings. The molecule has 6 heteroatoms. The van der Waals surface area contributed by atoms with Crippen molar-refractivity contribution >= 4 is 21.9 Å². The first-order valence-corrected chi connectivity index (χ1v) is 12.0. The van der Waals surface area contributed by atoms with Crippen LogP contribution >= 0.6 is 15.9 Å². The Labute approximate surface area is 188 Å². The molecule has 5 nitrogen and oxygen atoms in total. The SMILES string of the molecule is O=C(O)CC/C=C\CO[C@H]1[C@H](OCc2cccc(Br)c2)CC[C@@H]1N1CCCCCC1. The molecule has 3 rings (SSSR count). The highest BCUT2D eigenvalue weighted by atomic mass is 79.9. The molecule has 0 unspecified atom stereocenters. The first-order chi connectivity index (χ1) is 14.6. The van der Waals surface area contributed by atoms with Crippen LogP contribution in [-0.4, -0.2) is 53.9 Å². The van der Waals surface area contributed by atoms with Gasteiger partial charge in [0, 0.05) is 16.9 Å². The summed E-state index contributed by atoms with van der Waals surface area (Å²) in [7, 11) is 0. The Morgan fingerprint density at radius 3 is 2.67 bits per heavy atom. The van der Waals surface area contributed by atoms with Crippen molar-refractivity contribution in [3.63, 3.8) is 0 Å². The van der Waals surface area contributed by atoms with Crippen LogP contribution in [0.4, 0.5) is 0 Å². The summed E-state index contributed by atoms with van der Waals surface area (Å²) in [6.07, 6.45) is 12.0. The van der Waals surface area contributed by atoms with Crippen molar-refractivity contribution < 1.29 is 19.4 Å². The number of nitrogens with zero attached hydrogens (tertiary/aromatic N) is 1. The second-order valence-corrected chi connectivity index (χ2v) is 9.19. The van der Waals surface area contributed by atoms with Crippen molar-refractivity contribution in [3.8, 4) is 0 Å². The van der Waals surface area contributed by atoms with Crippen molar-refractivity contribution in [1.29, 1.82) is 0 Å². The average Bonchev–Trinajstić information content (AvgIpc) is 2.93. The van der Waals surface area contributed by atoms with Gasteiger partial charge in [0.15, 0.2) is 0 Å². The maximum atomic E-state index is 10.7. The monoisotopic (exact) mass is 479 g/mol. The average molecular weight is 480 g/mol. The third kappa shape index (κ3) is 7.49.